The Morgan fingerprint density at radius 2 is 0.429 bits per heavy atom. The molecule has 7 aromatic rings. The third-order valence-corrected chi connectivity index (χ3v) is 7.33. The van der Waals surface area contributed by atoms with Crippen LogP contribution in [0.3, 0.4) is 0 Å². The summed E-state index contributed by atoms with van der Waals surface area (Å²) in [5, 5.41) is 0. The van der Waals surface area contributed by atoms with Gasteiger partial charge in [-0.3, -0.25) is 24.9 Å². The molecule has 0 spiro atoms. The SMILES string of the molecule is c1cc(-c2cc(-c3ccncc3)cc(-c3cncc(-c4cc(-c5ccncc5)cc(-c5ccncc5)c4)c3)c2)ccn1. The van der Waals surface area contributed by atoms with Gasteiger partial charge in [0.2, 0.25) is 0 Å². The van der Waals surface area contributed by atoms with Gasteiger partial charge in [-0.2, -0.15) is 0 Å². The first-order valence-corrected chi connectivity index (χ1v) is 13.7. The van der Waals surface area contributed by atoms with E-state index in [9.17, 15) is 0 Å². The van der Waals surface area contributed by atoms with Crippen molar-refractivity contribution < 1.29 is 0 Å². The van der Waals surface area contributed by atoms with E-state index in [1.165, 1.54) is 0 Å². The molecule has 5 heterocycles. The van der Waals surface area contributed by atoms with Gasteiger partial charge in [-0.05, 0) is 147 Å². The summed E-state index contributed by atoms with van der Waals surface area (Å²) in [6, 6.07) is 31.8. The van der Waals surface area contributed by atoms with Crippen molar-refractivity contribution in [3.8, 4) is 66.8 Å². The highest BCUT2D eigenvalue weighted by molar-refractivity contribution is 5.84. The first-order valence-electron chi connectivity index (χ1n) is 13.7. The van der Waals surface area contributed by atoms with Crippen LogP contribution in [-0.4, -0.2) is 24.9 Å². The van der Waals surface area contributed by atoms with Gasteiger partial charge in [0.05, 0.1) is 0 Å². The van der Waals surface area contributed by atoms with Crippen molar-refractivity contribution in [1.82, 2.24) is 24.9 Å². The van der Waals surface area contributed by atoms with Crippen molar-refractivity contribution in [2.75, 3.05) is 0 Å². The molecule has 0 amide bonds. The summed E-state index contributed by atoms with van der Waals surface area (Å²) in [5.74, 6) is 0. The van der Waals surface area contributed by atoms with Gasteiger partial charge in [0.1, 0.15) is 0 Å². The normalized spacial score (nSPS) is 10.9. The molecule has 0 unspecified atom stereocenters. The van der Waals surface area contributed by atoms with Crippen LogP contribution in [0.2, 0.25) is 0 Å². The predicted molar refractivity (Wildman–Crippen MR) is 168 cm³/mol. The Labute approximate surface area is 244 Å². The Morgan fingerprint density at radius 3 is 0.690 bits per heavy atom. The number of hydrogen-bond donors (Lipinski definition) is 0. The molecular formula is C37H25N5. The minimum atomic E-state index is 1.04. The molecule has 0 atom stereocenters. The van der Waals surface area contributed by atoms with E-state index in [1.54, 1.807) is 0 Å². The zero-order valence-electron chi connectivity index (χ0n) is 22.7. The van der Waals surface area contributed by atoms with Crippen LogP contribution >= 0.6 is 0 Å². The van der Waals surface area contributed by atoms with Crippen LogP contribution in [0.4, 0.5) is 0 Å². The number of pyridine rings is 5. The number of rotatable bonds is 6. The Morgan fingerprint density at radius 1 is 0.214 bits per heavy atom. The van der Waals surface area contributed by atoms with E-state index in [1.807, 2.05) is 110 Å². The van der Waals surface area contributed by atoms with Gasteiger partial charge in [-0.1, -0.05) is 0 Å². The molecule has 0 saturated carbocycles. The second kappa shape index (κ2) is 11.4. The third-order valence-electron chi connectivity index (χ3n) is 7.33. The fourth-order valence-electron chi connectivity index (χ4n) is 5.19. The number of aromatic nitrogens is 5. The van der Waals surface area contributed by atoms with Crippen molar-refractivity contribution in [3.05, 3.63) is 153 Å². The minimum Gasteiger partial charge on any atom is -0.265 e. The molecule has 0 aliphatic rings. The van der Waals surface area contributed by atoms with E-state index < -0.39 is 0 Å². The van der Waals surface area contributed by atoms with Crippen LogP contribution in [-0.2, 0) is 0 Å². The molecule has 5 heteroatoms. The lowest BCUT2D eigenvalue weighted by atomic mass is 9.92. The molecule has 2 aromatic carbocycles. The van der Waals surface area contributed by atoms with Gasteiger partial charge < -0.3 is 0 Å². The maximum absolute atomic E-state index is 4.71. The lowest BCUT2D eigenvalue weighted by Crippen LogP contribution is -1.90. The van der Waals surface area contributed by atoms with Crippen LogP contribution in [0, 0.1) is 0 Å². The zero-order chi connectivity index (χ0) is 28.1. The highest BCUT2D eigenvalue weighted by Gasteiger charge is 2.11. The lowest BCUT2D eigenvalue weighted by molar-refractivity contribution is 1.32. The predicted octanol–water partition coefficient (Wildman–Crippen LogP) is 8.66. The van der Waals surface area contributed by atoms with Gasteiger partial charge in [0.15, 0.2) is 0 Å². The fraction of sp³-hybridized carbons (Fsp3) is 0. The topological polar surface area (TPSA) is 64.5 Å². The highest BCUT2D eigenvalue weighted by atomic mass is 14.6. The van der Waals surface area contributed by atoms with E-state index in [-0.39, 0.29) is 0 Å². The second-order valence-corrected chi connectivity index (χ2v) is 10.0. The molecule has 5 aromatic heterocycles. The minimum absolute atomic E-state index is 1.04. The number of nitrogens with zero attached hydrogens (tertiary/aromatic N) is 5. The quantitative estimate of drug-likeness (QED) is 0.212. The molecule has 0 bridgehead atoms. The van der Waals surface area contributed by atoms with Gasteiger partial charge in [0.25, 0.3) is 0 Å². The first-order chi connectivity index (χ1) is 20.8. The van der Waals surface area contributed by atoms with Gasteiger partial charge in [-0.15, -0.1) is 0 Å². The van der Waals surface area contributed by atoms with Crippen molar-refractivity contribution in [3.63, 3.8) is 0 Å². The fourth-order valence-corrected chi connectivity index (χ4v) is 5.19. The largest absolute Gasteiger partial charge is 0.265 e. The van der Waals surface area contributed by atoms with E-state index in [0.717, 1.165) is 66.8 Å². The average Bonchev–Trinajstić information content (AvgIpc) is 3.09. The molecule has 0 fully saturated rings. The lowest BCUT2D eigenvalue weighted by Gasteiger charge is -2.13. The Hall–Kier alpha value is -5.81. The molecule has 0 N–H and O–H groups in total. The number of hydrogen-bond acceptors (Lipinski definition) is 5. The Bertz CT molecular complexity index is 1700. The second-order valence-electron chi connectivity index (χ2n) is 10.0. The van der Waals surface area contributed by atoms with Gasteiger partial charge >= 0.3 is 0 Å². The summed E-state index contributed by atoms with van der Waals surface area (Å²) in [6.45, 7) is 0. The first kappa shape index (κ1) is 25.2. The summed E-state index contributed by atoms with van der Waals surface area (Å²) in [7, 11) is 0. The molecule has 0 saturated heterocycles. The Balaban J connectivity index is 1.37. The molecule has 0 aliphatic carbocycles. The zero-order valence-corrected chi connectivity index (χ0v) is 22.7. The number of benzene rings is 2. The highest BCUT2D eigenvalue weighted by Crippen LogP contribution is 2.36. The van der Waals surface area contributed by atoms with Crippen LogP contribution < -0.4 is 0 Å². The summed E-state index contributed by atoms with van der Waals surface area (Å²) < 4.78 is 0. The molecule has 7 rings (SSSR count). The van der Waals surface area contributed by atoms with Crippen LogP contribution in [0.1, 0.15) is 0 Å². The van der Waals surface area contributed by atoms with Gasteiger partial charge in [0, 0.05) is 73.1 Å². The molecular weight excluding hydrogens is 514 g/mol. The maximum atomic E-state index is 4.71. The van der Waals surface area contributed by atoms with E-state index in [2.05, 4.69) is 62.4 Å². The van der Waals surface area contributed by atoms with Crippen molar-refractivity contribution in [2.45, 2.75) is 0 Å². The molecule has 5 nitrogen and oxygen atoms in total. The maximum Gasteiger partial charge on any atom is 0.0346 e. The van der Waals surface area contributed by atoms with Crippen LogP contribution in [0.5, 0.6) is 0 Å². The van der Waals surface area contributed by atoms with E-state index in [4.69, 9.17) is 4.98 Å². The van der Waals surface area contributed by atoms with Crippen molar-refractivity contribution in [1.29, 1.82) is 0 Å². The van der Waals surface area contributed by atoms with Crippen LogP contribution in [0.25, 0.3) is 66.8 Å². The smallest absolute Gasteiger partial charge is 0.0346 e. The van der Waals surface area contributed by atoms with Crippen molar-refractivity contribution in [2.24, 2.45) is 0 Å². The van der Waals surface area contributed by atoms with E-state index in [0.29, 0.717) is 0 Å². The average molecular weight is 540 g/mol. The third kappa shape index (κ3) is 5.31. The van der Waals surface area contributed by atoms with Gasteiger partial charge in [-0.25, -0.2) is 0 Å². The van der Waals surface area contributed by atoms with Crippen LogP contribution in [0.15, 0.2) is 153 Å². The monoisotopic (exact) mass is 539 g/mol. The standard InChI is InChI=1S/C37H25N5/c1-9-38-10-2-26(1)30-17-31(27-3-11-39-12-4-27)20-34(19-30)36-23-37(25-42-24-36)35-21-32(28-5-13-40-14-6-28)18-33(22-35)29-7-15-41-16-8-29/h1-25H. The summed E-state index contributed by atoms with van der Waals surface area (Å²) >= 11 is 0. The summed E-state index contributed by atoms with van der Waals surface area (Å²) in [4.78, 5) is 21.5. The summed E-state index contributed by atoms with van der Waals surface area (Å²) in [5.41, 5.74) is 13.2. The van der Waals surface area contributed by atoms with Crippen molar-refractivity contribution >= 4 is 0 Å². The molecule has 0 radical (unpaired) electrons. The summed E-state index contributed by atoms with van der Waals surface area (Å²) in [6.07, 6.45) is 18.5. The molecule has 198 valence electrons. The molecule has 42 heavy (non-hydrogen) atoms. The van der Waals surface area contributed by atoms with E-state index >= 15 is 0 Å². The molecule has 0 aliphatic heterocycles. The Kier molecular flexibility index (Phi) is 6.81.